The predicted molar refractivity (Wildman–Crippen MR) is 74.4 cm³/mol. The van der Waals surface area contributed by atoms with Gasteiger partial charge in [-0.3, -0.25) is 4.79 Å². The smallest absolute Gasteiger partial charge is 0.324 e. The first-order valence-corrected chi connectivity index (χ1v) is 7.86. The molecule has 1 unspecified atom stereocenters. The summed E-state index contributed by atoms with van der Waals surface area (Å²) in [6.07, 6.45) is 1.99. The fraction of sp³-hybridized carbons (Fsp3) is 0.462. The zero-order valence-corrected chi connectivity index (χ0v) is 12.1. The second-order valence-electron chi connectivity index (χ2n) is 4.69. The average molecular weight is 298 g/mol. The van der Waals surface area contributed by atoms with Gasteiger partial charge >= 0.3 is 5.97 Å². The largest absolute Gasteiger partial charge is 0.468 e. The minimum atomic E-state index is -3.79. The lowest BCUT2D eigenvalue weighted by molar-refractivity contribution is -0.146. The average Bonchev–Trinajstić information content (AvgIpc) is 2.46. The van der Waals surface area contributed by atoms with E-state index < -0.39 is 22.0 Å². The molecule has 110 valence electrons. The predicted octanol–water partition coefficient (Wildman–Crippen LogP) is 0.985. The summed E-state index contributed by atoms with van der Waals surface area (Å²) < 4.78 is 31.3. The number of sulfonamides is 1. The van der Waals surface area contributed by atoms with E-state index in [1.165, 1.54) is 23.5 Å². The number of benzene rings is 1. The van der Waals surface area contributed by atoms with Crippen molar-refractivity contribution in [1.82, 2.24) is 4.31 Å². The van der Waals surface area contributed by atoms with Crippen LogP contribution in [0.15, 0.2) is 29.2 Å². The normalized spacial score (nSPS) is 20.6. The molecule has 0 bridgehead atoms. The highest BCUT2D eigenvalue weighted by Gasteiger charge is 2.38. The van der Waals surface area contributed by atoms with Crippen molar-refractivity contribution in [2.24, 2.45) is 0 Å². The molecule has 7 heteroatoms. The maximum Gasteiger partial charge on any atom is 0.324 e. The number of carbonyl (C=O) groups excluding carboxylic acids is 1. The van der Waals surface area contributed by atoms with E-state index in [0.717, 1.165) is 12.8 Å². The first kappa shape index (κ1) is 14.8. The molecule has 0 spiro atoms. The maximum atomic E-state index is 12.7. The van der Waals surface area contributed by atoms with Crippen LogP contribution in [0.25, 0.3) is 0 Å². The van der Waals surface area contributed by atoms with E-state index in [9.17, 15) is 13.2 Å². The number of ether oxygens (including phenoxy) is 1. The number of hydrogen-bond acceptors (Lipinski definition) is 5. The van der Waals surface area contributed by atoms with E-state index in [1.807, 2.05) is 0 Å². The maximum absolute atomic E-state index is 12.7. The van der Waals surface area contributed by atoms with E-state index in [0.29, 0.717) is 13.0 Å². The highest BCUT2D eigenvalue weighted by atomic mass is 32.2. The molecule has 6 nitrogen and oxygen atoms in total. The summed E-state index contributed by atoms with van der Waals surface area (Å²) in [5, 5.41) is 0. The topological polar surface area (TPSA) is 89.7 Å². The molecule has 2 N–H and O–H groups in total. The summed E-state index contributed by atoms with van der Waals surface area (Å²) in [5.41, 5.74) is 5.93. The molecule has 2 rings (SSSR count). The lowest BCUT2D eigenvalue weighted by Gasteiger charge is -2.32. The van der Waals surface area contributed by atoms with E-state index >= 15 is 0 Å². The molecular weight excluding hydrogens is 280 g/mol. The highest BCUT2D eigenvalue weighted by Crippen LogP contribution is 2.28. The van der Waals surface area contributed by atoms with Gasteiger partial charge < -0.3 is 10.5 Å². The monoisotopic (exact) mass is 298 g/mol. The molecular formula is C13H18N2O4S. The number of methoxy groups -OCH3 is 1. The molecule has 1 aromatic rings. The molecule has 1 saturated heterocycles. The SMILES string of the molecule is COC(=O)C1CCCCN1S(=O)(=O)c1ccccc1N. The van der Waals surface area contributed by atoms with Crippen molar-refractivity contribution in [2.45, 2.75) is 30.2 Å². The van der Waals surface area contributed by atoms with Gasteiger partial charge in [0.1, 0.15) is 10.9 Å². The van der Waals surface area contributed by atoms with Crippen LogP contribution < -0.4 is 5.73 Å². The molecule has 0 saturated carbocycles. The van der Waals surface area contributed by atoms with Gasteiger partial charge in [0, 0.05) is 6.54 Å². The third-order valence-corrected chi connectivity index (χ3v) is 5.41. The van der Waals surface area contributed by atoms with Crippen LogP contribution in [-0.2, 0) is 19.6 Å². The molecule has 1 atom stereocenters. The van der Waals surface area contributed by atoms with Crippen molar-refractivity contribution in [1.29, 1.82) is 0 Å². The first-order valence-electron chi connectivity index (χ1n) is 6.42. The summed E-state index contributed by atoms with van der Waals surface area (Å²) in [6.45, 7) is 0.302. The Morgan fingerprint density at radius 3 is 2.70 bits per heavy atom. The number of para-hydroxylation sites is 1. The van der Waals surface area contributed by atoms with Gasteiger partial charge in [0.15, 0.2) is 0 Å². The molecule has 20 heavy (non-hydrogen) atoms. The summed E-state index contributed by atoms with van der Waals surface area (Å²) in [5.74, 6) is -0.525. The number of nitrogens with zero attached hydrogens (tertiary/aromatic N) is 1. The van der Waals surface area contributed by atoms with Crippen LogP contribution >= 0.6 is 0 Å². The van der Waals surface area contributed by atoms with Gasteiger partial charge in [-0.15, -0.1) is 0 Å². The highest BCUT2D eigenvalue weighted by molar-refractivity contribution is 7.89. The number of carbonyl (C=O) groups is 1. The minimum absolute atomic E-state index is 0.0378. The Balaban J connectivity index is 2.41. The van der Waals surface area contributed by atoms with Gasteiger partial charge in [0.25, 0.3) is 0 Å². The van der Waals surface area contributed by atoms with Crippen LogP contribution in [0, 0.1) is 0 Å². The van der Waals surface area contributed by atoms with E-state index in [-0.39, 0.29) is 10.6 Å². The third kappa shape index (κ3) is 2.64. The number of rotatable bonds is 3. The zero-order chi connectivity index (χ0) is 14.8. The lowest BCUT2D eigenvalue weighted by Crippen LogP contribution is -2.48. The van der Waals surface area contributed by atoms with Gasteiger partial charge in [-0.1, -0.05) is 12.1 Å². The fourth-order valence-corrected chi connectivity index (χ4v) is 4.17. The molecule has 1 heterocycles. The van der Waals surface area contributed by atoms with Gasteiger partial charge in [-0.25, -0.2) is 8.42 Å². The zero-order valence-electron chi connectivity index (χ0n) is 11.3. The van der Waals surface area contributed by atoms with Crippen molar-refractivity contribution in [3.05, 3.63) is 24.3 Å². The quantitative estimate of drug-likeness (QED) is 0.664. The molecule has 0 aromatic heterocycles. The van der Waals surface area contributed by atoms with Crippen LogP contribution in [0.3, 0.4) is 0 Å². The van der Waals surface area contributed by atoms with E-state index in [1.54, 1.807) is 12.1 Å². The van der Waals surface area contributed by atoms with Crippen molar-refractivity contribution >= 4 is 21.7 Å². The van der Waals surface area contributed by atoms with Crippen molar-refractivity contribution in [2.75, 3.05) is 19.4 Å². The van der Waals surface area contributed by atoms with Gasteiger partial charge in [-0.2, -0.15) is 4.31 Å². The van der Waals surface area contributed by atoms with E-state index in [2.05, 4.69) is 0 Å². The molecule has 1 aliphatic rings. The van der Waals surface area contributed by atoms with Gasteiger partial charge in [0.2, 0.25) is 10.0 Å². The Hall–Kier alpha value is -1.60. The number of nitrogens with two attached hydrogens (primary N) is 1. The molecule has 1 fully saturated rings. The number of hydrogen-bond donors (Lipinski definition) is 1. The Kier molecular flexibility index (Phi) is 4.29. The van der Waals surface area contributed by atoms with Crippen molar-refractivity contribution in [3.8, 4) is 0 Å². The Morgan fingerprint density at radius 2 is 2.05 bits per heavy atom. The second kappa shape index (κ2) is 5.80. The summed E-state index contributed by atoms with van der Waals surface area (Å²) in [4.78, 5) is 11.8. The van der Waals surface area contributed by atoms with Crippen LogP contribution in [-0.4, -0.2) is 38.4 Å². The summed E-state index contributed by atoms with van der Waals surface area (Å²) in [7, 11) is -2.53. The Bertz CT molecular complexity index is 600. The van der Waals surface area contributed by atoms with E-state index in [4.69, 9.17) is 10.5 Å². The lowest BCUT2D eigenvalue weighted by atomic mass is 10.1. The molecule has 0 aliphatic carbocycles. The van der Waals surface area contributed by atoms with Gasteiger partial charge in [-0.05, 0) is 31.4 Å². The second-order valence-corrected chi connectivity index (χ2v) is 6.55. The minimum Gasteiger partial charge on any atom is -0.468 e. The van der Waals surface area contributed by atoms with Crippen LogP contribution in [0.1, 0.15) is 19.3 Å². The Morgan fingerprint density at radius 1 is 1.35 bits per heavy atom. The van der Waals surface area contributed by atoms with Crippen molar-refractivity contribution < 1.29 is 17.9 Å². The Labute approximate surface area is 118 Å². The number of anilines is 1. The molecule has 0 amide bonds. The number of piperidine rings is 1. The first-order chi connectivity index (χ1) is 9.48. The van der Waals surface area contributed by atoms with Gasteiger partial charge in [0.05, 0.1) is 12.8 Å². The number of nitrogen functional groups attached to an aromatic ring is 1. The van der Waals surface area contributed by atoms with Crippen LogP contribution in [0.2, 0.25) is 0 Å². The van der Waals surface area contributed by atoms with Crippen LogP contribution in [0.4, 0.5) is 5.69 Å². The van der Waals surface area contributed by atoms with Crippen molar-refractivity contribution in [3.63, 3.8) is 0 Å². The number of esters is 1. The van der Waals surface area contributed by atoms with Crippen LogP contribution in [0.5, 0.6) is 0 Å². The molecule has 0 radical (unpaired) electrons. The standard InChI is InChI=1S/C13H18N2O4S/c1-19-13(16)11-7-4-5-9-15(11)20(17,18)12-8-3-2-6-10(12)14/h2-3,6,8,11H,4-5,7,9,14H2,1H3. The summed E-state index contributed by atoms with van der Waals surface area (Å²) in [6, 6.07) is 5.50. The summed E-state index contributed by atoms with van der Waals surface area (Å²) >= 11 is 0. The molecule has 1 aliphatic heterocycles. The fourth-order valence-electron chi connectivity index (χ4n) is 2.41. The molecule has 1 aromatic carbocycles. The third-order valence-electron chi connectivity index (χ3n) is 3.43.